The van der Waals surface area contributed by atoms with Gasteiger partial charge in [-0.15, -0.1) is 0 Å². The van der Waals surface area contributed by atoms with E-state index in [1.165, 1.54) is 29.8 Å². The van der Waals surface area contributed by atoms with Gasteiger partial charge in [-0.3, -0.25) is 9.78 Å². The molecule has 7 heteroatoms. The van der Waals surface area contributed by atoms with Crippen LogP contribution in [0.3, 0.4) is 0 Å². The minimum absolute atomic E-state index is 0.0168. The van der Waals surface area contributed by atoms with Crippen LogP contribution in [-0.4, -0.2) is 32.0 Å². The Morgan fingerprint density at radius 2 is 1.97 bits per heavy atom. The molecule has 2 fully saturated rings. The van der Waals surface area contributed by atoms with Gasteiger partial charge >= 0.3 is 0 Å². The zero-order chi connectivity index (χ0) is 23.8. The molecule has 2 aliphatic rings. The van der Waals surface area contributed by atoms with Crippen molar-refractivity contribution in [1.29, 1.82) is 0 Å². The Bertz CT molecular complexity index is 1220. The van der Waals surface area contributed by atoms with Crippen molar-refractivity contribution in [1.82, 2.24) is 19.8 Å². The van der Waals surface area contributed by atoms with E-state index in [-0.39, 0.29) is 18.0 Å². The molecule has 1 aromatic carbocycles. The van der Waals surface area contributed by atoms with E-state index in [0.717, 1.165) is 16.9 Å². The maximum atomic E-state index is 12.8. The fourth-order valence-corrected chi connectivity index (χ4v) is 5.48. The Kier molecular flexibility index (Phi) is 6.13. The Morgan fingerprint density at radius 3 is 2.68 bits per heavy atom. The summed E-state index contributed by atoms with van der Waals surface area (Å²) in [6.07, 6.45) is 4.65. The highest BCUT2D eigenvalue weighted by Gasteiger charge is 2.42. The molecule has 0 bridgehead atoms. The number of nitrogens with one attached hydrogen (secondary N) is 2. The van der Waals surface area contributed by atoms with Crippen molar-refractivity contribution in [3.05, 3.63) is 82.9 Å². The molecule has 1 saturated heterocycles. The van der Waals surface area contributed by atoms with E-state index in [0.29, 0.717) is 24.1 Å². The lowest BCUT2D eigenvalue weighted by Gasteiger charge is -2.28. The van der Waals surface area contributed by atoms with Crippen molar-refractivity contribution in [2.45, 2.75) is 58.2 Å². The molecule has 34 heavy (non-hydrogen) atoms. The molecule has 2 atom stereocenters. The van der Waals surface area contributed by atoms with E-state index in [2.05, 4.69) is 45.0 Å². The molecule has 3 heterocycles. The van der Waals surface area contributed by atoms with E-state index < -0.39 is 0 Å². The highest BCUT2D eigenvalue weighted by molar-refractivity contribution is 7.80. The maximum absolute atomic E-state index is 12.8. The highest BCUT2D eigenvalue weighted by Crippen LogP contribution is 2.44. The molecule has 0 radical (unpaired) electrons. The number of amides is 1. The summed E-state index contributed by atoms with van der Waals surface area (Å²) in [6.45, 7) is 6.94. The molecule has 0 spiro atoms. The Hall–Kier alpha value is -3.19. The van der Waals surface area contributed by atoms with Crippen LogP contribution in [-0.2, 0) is 4.79 Å². The van der Waals surface area contributed by atoms with Crippen molar-refractivity contribution >= 4 is 28.9 Å². The number of carbonyl (C=O) groups excluding carboxylic acids is 1. The van der Waals surface area contributed by atoms with Crippen LogP contribution in [0, 0.1) is 20.8 Å². The zero-order valence-corrected chi connectivity index (χ0v) is 20.7. The van der Waals surface area contributed by atoms with Gasteiger partial charge in [-0.2, -0.15) is 0 Å². The highest BCUT2D eigenvalue weighted by atomic mass is 32.1. The molecule has 1 saturated carbocycles. The van der Waals surface area contributed by atoms with Gasteiger partial charge < -0.3 is 20.1 Å². The van der Waals surface area contributed by atoms with Crippen LogP contribution in [0.25, 0.3) is 0 Å². The molecule has 6 nitrogen and oxygen atoms in total. The number of benzene rings is 1. The van der Waals surface area contributed by atoms with E-state index >= 15 is 0 Å². The Morgan fingerprint density at radius 1 is 1.15 bits per heavy atom. The molecule has 2 aromatic heterocycles. The first-order chi connectivity index (χ1) is 16.4. The number of rotatable bonds is 7. The van der Waals surface area contributed by atoms with Crippen LogP contribution >= 0.6 is 12.2 Å². The fraction of sp³-hybridized carbons (Fsp3) is 0.370. The predicted molar refractivity (Wildman–Crippen MR) is 139 cm³/mol. The number of thiocarbonyl (C=S) groups is 1. The molecule has 5 rings (SSSR count). The monoisotopic (exact) mass is 473 g/mol. The summed E-state index contributed by atoms with van der Waals surface area (Å²) in [5.74, 6) is -0.0168. The zero-order valence-electron chi connectivity index (χ0n) is 19.9. The Labute approximate surface area is 206 Å². The minimum Gasteiger partial charge on any atom is -0.352 e. The molecule has 1 amide bonds. The average Bonchev–Trinajstić information content (AvgIpc) is 3.53. The Balaban J connectivity index is 1.41. The van der Waals surface area contributed by atoms with Crippen LogP contribution in [0.4, 0.5) is 5.69 Å². The van der Waals surface area contributed by atoms with E-state index in [4.69, 9.17) is 12.2 Å². The third kappa shape index (κ3) is 4.44. The van der Waals surface area contributed by atoms with Crippen LogP contribution < -0.4 is 10.6 Å². The van der Waals surface area contributed by atoms with E-state index in [9.17, 15) is 4.79 Å². The second kappa shape index (κ2) is 9.22. The number of pyridine rings is 1. The first-order valence-corrected chi connectivity index (χ1v) is 12.4. The molecule has 3 aromatic rings. The second-order valence-electron chi connectivity index (χ2n) is 9.42. The average molecular weight is 474 g/mol. The first kappa shape index (κ1) is 22.6. The van der Waals surface area contributed by atoms with Crippen LogP contribution in [0.15, 0.2) is 54.7 Å². The molecule has 0 unspecified atom stereocenters. The number of aromatic nitrogens is 2. The van der Waals surface area contributed by atoms with Gasteiger partial charge in [-0.05, 0) is 87.3 Å². The van der Waals surface area contributed by atoms with Crippen molar-refractivity contribution < 1.29 is 4.79 Å². The van der Waals surface area contributed by atoms with Gasteiger partial charge in [0.05, 0.1) is 17.8 Å². The number of nitrogens with zero attached hydrogens (tertiary/aromatic N) is 3. The summed E-state index contributed by atoms with van der Waals surface area (Å²) in [4.78, 5) is 19.6. The van der Waals surface area contributed by atoms with Crippen LogP contribution in [0.1, 0.15) is 65.6 Å². The van der Waals surface area contributed by atoms with Gasteiger partial charge in [-0.1, -0.05) is 18.2 Å². The van der Waals surface area contributed by atoms with Gasteiger partial charge in [0.25, 0.3) is 0 Å². The number of anilines is 1. The topological polar surface area (TPSA) is 62.2 Å². The van der Waals surface area contributed by atoms with Gasteiger partial charge in [0, 0.05) is 42.3 Å². The largest absolute Gasteiger partial charge is 0.352 e. The fourth-order valence-electron chi connectivity index (χ4n) is 5.15. The summed E-state index contributed by atoms with van der Waals surface area (Å²) in [6, 6.07) is 16.7. The summed E-state index contributed by atoms with van der Waals surface area (Å²) < 4.78 is 2.47. The van der Waals surface area contributed by atoms with Crippen molar-refractivity contribution in [3.8, 4) is 0 Å². The molecular weight excluding hydrogens is 442 g/mol. The van der Waals surface area contributed by atoms with Crippen molar-refractivity contribution in [3.63, 3.8) is 0 Å². The summed E-state index contributed by atoms with van der Waals surface area (Å²) in [5.41, 5.74) is 6.72. The third-order valence-electron chi connectivity index (χ3n) is 6.83. The van der Waals surface area contributed by atoms with Crippen molar-refractivity contribution in [2.24, 2.45) is 0 Å². The number of hydrogen-bond acceptors (Lipinski definition) is 3. The lowest BCUT2D eigenvalue weighted by molar-refractivity contribution is -0.116. The number of hydrogen-bond donors (Lipinski definition) is 2. The van der Waals surface area contributed by atoms with Gasteiger partial charge in [0.15, 0.2) is 5.11 Å². The normalized spacial score (nSPS) is 19.9. The van der Waals surface area contributed by atoms with Gasteiger partial charge in [0.1, 0.15) is 0 Å². The lowest BCUT2D eigenvalue weighted by Crippen LogP contribution is -2.32. The molecule has 2 N–H and O–H groups in total. The van der Waals surface area contributed by atoms with Crippen LogP contribution in [0.5, 0.6) is 0 Å². The van der Waals surface area contributed by atoms with Gasteiger partial charge in [-0.25, -0.2) is 0 Å². The summed E-state index contributed by atoms with van der Waals surface area (Å²) >= 11 is 5.79. The maximum Gasteiger partial charge on any atom is 0.226 e. The molecule has 1 aliphatic carbocycles. The number of carbonyl (C=O) groups is 1. The molecular formula is C27H31N5OS. The number of aryl methyl sites for hydroxylation is 2. The van der Waals surface area contributed by atoms with Gasteiger partial charge in [0.2, 0.25) is 5.91 Å². The van der Waals surface area contributed by atoms with Crippen LogP contribution in [0.2, 0.25) is 0 Å². The quantitative estimate of drug-likeness (QED) is 0.465. The van der Waals surface area contributed by atoms with Crippen molar-refractivity contribution in [2.75, 3.05) is 11.9 Å². The molecule has 176 valence electrons. The van der Waals surface area contributed by atoms with E-state index in [1.807, 2.05) is 55.6 Å². The predicted octanol–water partition coefficient (Wildman–Crippen LogP) is 5.14. The molecule has 1 aliphatic heterocycles. The standard InChI is InChI=1S/C27H31N5OS/c1-17-7-6-8-20(15-17)29-24(33)12-14-31-26(22-16-18(2)32(19(22)3)21-10-11-21)25(30-27(31)34)23-9-4-5-13-28-23/h4-9,13,15-16,21,25-26H,10-12,14H2,1-3H3,(H,29,33)(H,30,34)/t25-,26+/m0/s1. The van der Waals surface area contributed by atoms with E-state index in [1.54, 1.807) is 0 Å². The third-order valence-corrected chi connectivity index (χ3v) is 7.19. The summed E-state index contributed by atoms with van der Waals surface area (Å²) in [5, 5.41) is 7.19. The summed E-state index contributed by atoms with van der Waals surface area (Å²) in [7, 11) is 0. The lowest BCUT2D eigenvalue weighted by atomic mass is 9.96. The SMILES string of the molecule is Cc1cccc(NC(=O)CCN2C(=S)N[C@@H](c3ccccn3)[C@H]2c2cc(C)n(C3CC3)c2C)c1. The minimum atomic E-state index is -0.0679. The first-order valence-electron chi connectivity index (χ1n) is 12.0. The smallest absolute Gasteiger partial charge is 0.226 e. The second-order valence-corrected chi connectivity index (χ2v) is 9.80.